The van der Waals surface area contributed by atoms with Crippen molar-refractivity contribution in [3.05, 3.63) is 63.8 Å². The number of rotatable bonds is 4. The summed E-state index contributed by atoms with van der Waals surface area (Å²) in [6.07, 6.45) is 0. The molecule has 7 heteroatoms. The van der Waals surface area contributed by atoms with E-state index in [9.17, 15) is 4.79 Å². The Morgan fingerprint density at radius 3 is 2.56 bits per heavy atom. The number of anilines is 1. The van der Waals surface area contributed by atoms with Crippen molar-refractivity contribution in [3.63, 3.8) is 0 Å². The van der Waals surface area contributed by atoms with Crippen LogP contribution in [-0.4, -0.2) is 46.7 Å². The number of nitrogen functional groups attached to an aromatic ring is 1. The molecule has 1 heterocycles. The smallest absolute Gasteiger partial charge is 0.354 e. The van der Waals surface area contributed by atoms with Crippen molar-refractivity contribution in [1.29, 1.82) is 0 Å². The Labute approximate surface area is 178 Å². The summed E-state index contributed by atoms with van der Waals surface area (Å²) in [4.78, 5) is 12.3. The number of ether oxygens (including phenoxy) is 1. The van der Waals surface area contributed by atoms with E-state index in [0.29, 0.717) is 34.6 Å². The molecule has 25 heavy (non-hydrogen) atoms. The summed E-state index contributed by atoms with van der Waals surface area (Å²) in [6.45, 7) is 2.57. The molecule has 0 spiro atoms. The molecular weight excluding hydrogens is 370 g/mol. The van der Waals surface area contributed by atoms with Crippen LogP contribution in [0.3, 0.4) is 0 Å². The summed E-state index contributed by atoms with van der Waals surface area (Å²) < 4.78 is 7.07. The van der Waals surface area contributed by atoms with Gasteiger partial charge in [0.15, 0.2) is 0 Å². The van der Waals surface area contributed by atoms with Crippen LogP contribution in [0, 0.1) is 0 Å². The second-order valence-corrected chi connectivity index (χ2v) is 6.22. The summed E-state index contributed by atoms with van der Waals surface area (Å²) in [5, 5.41) is 1.86. The number of esters is 1. The Morgan fingerprint density at radius 2 is 1.88 bits per heavy atom. The molecule has 1 aromatic heterocycles. The number of nitrogens with two attached hydrogens (primary N) is 1. The van der Waals surface area contributed by atoms with Gasteiger partial charge < -0.3 is 15.0 Å². The predicted molar refractivity (Wildman–Crippen MR) is 104 cm³/mol. The van der Waals surface area contributed by atoms with Crippen LogP contribution in [0.4, 0.5) is 5.69 Å². The maximum Gasteiger partial charge on any atom is 0.354 e. The summed E-state index contributed by atoms with van der Waals surface area (Å²) in [6, 6.07) is 12.7. The van der Waals surface area contributed by atoms with E-state index in [-0.39, 0.29) is 35.5 Å². The Morgan fingerprint density at radius 1 is 1.12 bits per heavy atom. The van der Waals surface area contributed by atoms with Gasteiger partial charge in [-0.25, -0.2) is 4.79 Å². The monoisotopic (exact) mass is 385 g/mol. The number of halogens is 2. The normalized spacial score (nSPS) is 10.5. The van der Waals surface area contributed by atoms with Crippen LogP contribution in [0.25, 0.3) is 10.9 Å². The molecule has 2 N–H and O–H groups in total. The quantitative estimate of drug-likeness (QED) is 0.412. The summed E-state index contributed by atoms with van der Waals surface area (Å²) >= 11 is 12.1. The zero-order valence-corrected chi connectivity index (χ0v) is 17.6. The first kappa shape index (κ1) is 20.1. The Balaban J connectivity index is 0.00000225. The van der Waals surface area contributed by atoms with E-state index in [1.807, 2.05) is 28.8 Å². The molecule has 0 aliphatic rings. The van der Waals surface area contributed by atoms with Crippen LogP contribution in [-0.2, 0) is 11.3 Å². The van der Waals surface area contributed by atoms with Gasteiger partial charge in [-0.05, 0) is 48.9 Å². The number of aromatic nitrogens is 1. The number of benzene rings is 2. The van der Waals surface area contributed by atoms with Crippen LogP contribution < -0.4 is 5.73 Å². The summed E-state index contributed by atoms with van der Waals surface area (Å²) in [7, 11) is 0. The average molecular weight is 386 g/mol. The fourth-order valence-corrected chi connectivity index (χ4v) is 2.98. The van der Waals surface area contributed by atoms with Crippen molar-refractivity contribution < 1.29 is 9.53 Å². The number of nitrogens with zero attached hydrogens (tertiary/aromatic N) is 1. The molecule has 2 aromatic carbocycles. The number of carbonyl (C=O) groups excluding carboxylic acids is 1. The largest absolute Gasteiger partial charge is 0.461 e. The Kier molecular flexibility index (Phi) is 6.83. The van der Waals surface area contributed by atoms with E-state index >= 15 is 0 Å². The number of hydrogen-bond donors (Lipinski definition) is 1. The second kappa shape index (κ2) is 8.47. The molecule has 125 valence electrons. The summed E-state index contributed by atoms with van der Waals surface area (Å²) in [5.41, 5.74) is 8.80. The molecule has 1 radical (unpaired) electrons. The number of carbonyl (C=O) groups is 1. The van der Waals surface area contributed by atoms with Gasteiger partial charge in [0.2, 0.25) is 0 Å². The minimum absolute atomic E-state index is 0. The van der Waals surface area contributed by atoms with E-state index in [2.05, 4.69) is 0 Å². The fourth-order valence-electron chi connectivity index (χ4n) is 2.65. The van der Waals surface area contributed by atoms with Crippen molar-refractivity contribution in [2.75, 3.05) is 12.3 Å². The van der Waals surface area contributed by atoms with Crippen LogP contribution in [0.5, 0.6) is 0 Å². The van der Waals surface area contributed by atoms with Crippen LogP contribution in [0.1, 0.15) is 23.0 Å². The minimum atomic E-state index is -0.368. The van der Waals surface area contributed by atoms with Crippen molar-refractivity contribution in [2.24, 2.45) is 0 Å². The van der Waals surface area contributed by atoms with Gasteiger partial charge in [-0.2, -0.15) is 0 Å². The molecule has 3 aromatic rings. The van der Waals surface area contributed by atoms with E-state index in [4.69, 9.17) is 33.7 Å². The molecule has 0 bridgehead atoms. The van der Waals surface area contributed by atoms with Gasteiger partial charge >= 0.3 is 5.97 Å². The molecule has 0 aliphatic heterocycles. The zero-order chi connectivity index (χ0) is 17.3. The van der Waals surface area contributed by atoms with Gasteiger partial charge in [-0.15, -0.1) is 0 Å². The Bertz CT molecular complexity index is 925. The topological polar surface area (TPSA) is 57.2 Å². The van der Waals surface area contributed by atoms with Crippen molar-refractivity contribution in [2.45, 2.75) is 13.5 Å². The first-order valence-corrected chi connectivity index (χ1v) is 8.25. The average Bonchev–Trinajstić information content (AvgIpc) is 2.89. The Hall–Kier alpha value is -1.17. The molecule has 0 saturated carbocycles. The van der Waals surface area contributed by atoms with Gasteiger partial charge in [0.1, 0.15) is 5.69 Å². The van der Waals surface area contributed by atoms with Crippen LogP contribution in [0.15, 0.2) is 42.5 Å². The predicted octanol–water partition coefficient (Wildman–Crippen LogP) is 4.37. The van der Waals surface area contributed by atoms with E-state index < -0.39 is 0 Å². The standard InChI is InChI=1S/C18H16Cl2N2O2.Na/c1-2-24-18(23)17-9-12-8-13(21)4-6-16(12)22(17)10-11-3-5-14(19)15(20)7-11;/h3-9H,2,10,21H2,1H3;. The zero-order valence-electron chi connectivity index (χ0n) is 14.1. The molecular formula is C18H16Cl2N2NaO2. The molecule has 3 rings (SSSR count). The molecule has 0 saturated heterocycles. The fraction of sp³-hybridized carbons (Fsp3) is 0.167. The number of fused-ring (bicyclic) bond motifs is 1. The van der Waals surface area contributed by atoms with Crippen molar-refractivity contribution in [3.8, 4) is 0 Å². The van der Waals surface area contributed by atoms with E-state index in [1.165, 1.54) is 0 Å². The summed E-state index contributed by atoms with van der Waals surface area (Å²) in [5.74, 6) is -0.368. The molecule has 0 amide bonds. The van der Waals surface area contributed by atoms with E-state index in [1.54, 1.807) is 25.1 Å². The molecule has 0 aliphatic carbocycles. The first-order valence-electron chi connectivity index (χ1n) is 7.49. The molecule has 0 unspecified atom stereocenters. The molecule has 4 nitrogen and oxygen atoms in total. The van der Waals surface area contributed by atoms with Crippen molar-refractivity contribution in [1.82, 2.24) is 4.57 Å². The van der Waals surface area contributed by atoms with Gasteiger partial charge in [0.25, 0.3) is 0 Å². The second-order valence-electron chi connectivity index (χ2n) is 5.40. The maximum atomic E-state index is 12.3. The molecule has 0 fully saturated rings. The van der Waals surface area contributed by atoms with Gasteiger partial charge in [0.05, 0.1) is 16.7 Å². The first-order chi connectivity index (χ1) is 11.5. The third kappa shape index (κ3) is 4.33. The third-order valence-corrected chi connectivity index (χ3v) is 4.47. The molecule has 0 atom stereocenters. The third-order valence-electron chi connectivity index (χ3n) is 3.73. The minimum Gasteiger partial charge on any atom is -0.461 e. The van der Waals surface area contributed by atoms with Crippen molar-refractivity contribution >= 4 is 75.3 Å². The van der Waals surface area contributed by atoms with Crippen LogP contribution >= 0.6 is 23.2 Å². The van der Waals surface area contributed by atoms with Gasteiger partial charge in [-0.3, -0.25) is 0 Å². The maximum absolute atomic E-state index is 12.3. The number of hydrogen-bond acceptors (Lipinski definition) is 3. The SMILES string of the molecule is CCOC(=O)c1cc2cc(N)ccc2n1Cc1ccc(Cl)c(Cl)c1.[Na]. The van der Waals surface area contributed by atoms with Crippen LogP contribution in [0.2, 0.25) is 10.0 Å². The van der Waals surface area contributed by atoms with Gasteiger partial charge in [0, 0.05) is 52.7 Å². The van der Waals surface area contributed by atoms with E-state index in [0.717, 1.165) is 16.5 Å². The van der Waals surface area contributed by atoms with Gasteiger partial charge in [-0.1, -0.05) is 29.3 Å².